The standard InChI is InChI=1S/C20H23BrN4O/c1-14-5-7-15(8-6-14)11-18-23-19(12-20(2,3)26-4)25(24-18)16-9-10-17(21)22-13-16/h5-10,13H,11-12H2,1-4H3. The second kappa shape index (κ2) is 7.68. The fourth-order valence-corrected chi connectivity index (χ4v) is 2.86. The third-order valence-electron chi connectivity index (χ3n) is 4.29. The van der Waals surface area contributed by atoms with E-state index in [1.54, 1.807) is 13.3 Å². The summed E-state index contributed by atoms with van der Waals surface area (Å²) in [5.74, 6) is 1.65. The molecule has 0 aliphatic rings. The Hall–Kier alpha value is -2.05. The Morgan fingerprint density at radius 1 is 1.12 bits per heavy atom. The first-order valence-electron chi connectivity index (χ1n) is 8.54. The fourth-order valence-electron chi connectivity index (χ4n) is 2.62. The van der Waals surface area contributed by atoms with E-state index < -0.39 is 0 Å². The summed E-state index contributed by atoms with van der Waals surface area (Å²) in [4.78, 5) is 9.11. The predicted octanol–water partition coefficient (Wildman–Crippen LogP) is 4.29. The van der Waals surface area contributed by atoms with Gasteiger partial charge in [-0.25, -0.2) is 14.6 Å². The van der Waals surface area contributed by atoms with Crippen LogP contribution in [0.5, 0.6) is 0 Å². The lowest BCUT2D eigenvalue weighted by molar-refractivity contribution is 0.0212. The van der Waals surface area contributed by atoms with E-state index in [1.807, 2.05) is 30.7 Å². The Morgan fingerprint density at radius 2 is 1.85 bits per heavy atom. The van der Waals surface area contributed by atoms with Crippen LogP contribution in [-0.2, 0) is 17.6 Å². The molecule has 0 aliphatic heterocycles. The van der Waals surface area contributed by atoms with Crippen LogP contribution in [0, 0.1) is 6.92 Å². The number of hydrogen-bond acceptors (Lipinski definition) is 4. The molecule has 0 unspecified atom stereocenters. The van der Waals surface area contributed by atoms with Crippen molar-refractivity contribution < 1.29 is 4.74 Å². The first-order chi connectivity index (χ1) is 12.4. The topological polar surface area (TPSA) is 52.8 Å². The van der Waals surface area contributed by atoms with Gasteiger partial charge in [-0.05, 0) is 54.4 Å². The molecule has 3 aromatic rings. The molecule has 0 saturated heterocycles. The quantitative estimate of drug-likeness (QED) is 0.564. The molecule has 0 aliphatic carbocycles. The summed E-state index contributed by atoms with van der Waals surface area (Å²) >= 11 is 3.38. The zero-order valence-corrected chi connectivity index (χ0v) is 17.1. The molecule has 0 radical (unpaired) electrons. The zero-order valence-electron chi connectivity index (χ0n) is 15.5. The maximum atomic E-state index is 5.59. The highest BCUT2D eigenvalue weighted by Crippen LogP contribution is 2.20. The first kappa shape index (κ1) is 18.7. The molecule has 1 aromatic carbocycles. The summed E-state index contributed by atoms with van der Waals surface area (Å²) < 4.78 is 8.24. The summed E-state index contributed by atoms with van der Waals surface area (Å²) in [5.41, 5.74) is 3.00. The molecule has 0 atom stereocenters. The van der Waals surface area contributed by atoms with Gasteiger partial charge in [0.2, 0.25) is 0 Å². The van der Waals surface area contributed by atoms with Crippen molar-refractivity contribution in [3.63, 3.8) is 0 Å². The predicted molar refractivity (Wildman–Crippen MR) is 106 cm³/mol. The second-order valence-electron chi connectivity index (χ2n) is 7.00. The number of rotatable bonds is 6. The molecule has 26 heavy (non-hydrogen) atoms. The fraction of sp³-hybridized carbons (Fsp3) is 0.350. The SMILES string of the molecule is COC(C)(C)Cc1nc(Cc2ccc(C)cc2)nn1-c1ccc(Br)nc1. The first-order valence-corrected chi connectivity index (χ1v) is 9.33. The summed E-state index contributed by atoms with van der Waals surface area (Å²) in [6, 6.07) is 12.3. The normalized spacial score (nSPS) is 11.7. The van der Waals surface area contributed by atoms with Gasteiger partial charge in [0.1, 0.15) is 10.4 Å². The summed E-state index contributed by atoms with van der Waals surface area (Å²) in [6.45, 7) is 6.18. The van der Waals surface area contributed by atoms with Crippen molar-refractivity contribution >= 4 is 15.9 Å². The minimum atomic E-state index is -0.325. The lowest BCUT2D eigenvalue weighted by atomic mass is 10.0. The van der Waals surface area contributed by atoms with Crippen molar-refractivity contribution in [1.82, 2.24) is 19.7 Å². The van der Waals surface area contributed by atoms with Crippen LogP contribution in [0.25, 0.3) is 5.69 Å². The van der Waals surface area contributed by atoms with Crippen molar-refractivity contribution in [2.75, 3.05) is 7.11 Å². The number of ether oxygens (including phenoxy) is 1. The van der Waals surface area contributed by atoms with Gasteiger partial charge in [-0.15, -0.1) is 0 Å². The molecule has 2 heterocycles. The van der Waals surface area contributed by atoms with Crippen LogP contribution < -0.4 is 0 Å². The maximum absolute atomic E-state index is 5.59. The number of nitrogens with zero attached hydrogens (tertiary/aromatic N) is 4. The van der Waals surface area contributed by atoms with Crippen LogP contribution in [0.4, 0.5) is 0 Å². The zero-order chi connectivity index (χ0) is 18.7. The van der Waals surface area contributed by atoms with E-state index in [-0.39, 0.29) is 5.60 Å². The number of aromatic nitrogens is 4. The van der Waals surface area contributed by atoms with E-state index in [1.165, 1.54) is 11.1 Å². The molecule has 2 aromatic heterocycles. The molecule has 136 valence electrons. The van der Waals surface area contributed by atoms with Gasteiger partial charge < -0.3 is 4.74 Å². The number of benzene rings is 1. The van der Waals surface area contributed by atoms with Crippen LogP contribution in [0.1, 0.15) is 36.6 Å². The van der Waals surface area contributed by atoms with Gasteiger partial charge in [-0.1, -0.05) is 29.8 Å². The van der Waals surface area contributed by atoms with Crippen molar-refractivity contribution in [3.05, 3.63) is 70.0 Å². The lowest BCUT2D eigenvalue weighted by Gasteiger charge is -2.22. The second-order valence-corrected chi connectivity index (χ2v) is 7.81. The van der Waals surface area contributed by atoms with Crippen LogP contribution >= 0.6 is 15.9 Å². The summed E-state index contributed by atoms with van der Waals surface area (Å²) in [5, 5.41) is 4.74. The smallest absolute Gasteiger partial charge is 0.155 e. The Morgan fingerprint density at radius 3 is 2.46 bits per heavy atom. The highest BCUT2D eigenvalue weighted by Gasteiger charge is 2.23. The van der Waals surface area contributed by atoms with Crippen LogP contribution in [0.3, 0.4) is 0 Å². The molecular formula is C20H23BrN4O. The molecule has 0 fully saturated rings. The van der Waals surface area contributed by atoms with E-state index in [0.717, 1.165) is 21.9 Å². The van der Waals surface area contributed by atoms with E-state index in [9.17, 15) is 0 Å². The van der Waals surface area contributed by atoms with Gasteiger partial charge in [-0.2, -0.15) is 5.10 Å². The van der Waals surface area contributed by atoms with Gasteiger partial charge in [0, 0.05) is 20.0 Å². The van der Waals surface area contributed by atoms with Crippen LogP contribution in [-0.4, -0.2) is 32.5 Å². The Bertz CT molecular complexity index is 870. The number of halogens is 1. The number of pyridine rings is 1. The Labute approximate surface area is 162 Å². The minimum Gasteiger partial charge on any atom is -0.378 e. The highest BCUT2D eigenvalue weighted by molar-refractivity contribution is 9.10. The average Bonchev–Trinajstić information content (AvgIpc) is 2.99. The highest BCUT2D eigenvalue weighted by atomic mass is 79.9. The molecule has 5 nitrogen and oxygen atoms in total. The molecule has 6 heteroatoms. The molecule has 0 N–H and O–H groups in total. The third kappa shape index (κ3) is 4.56. The Kier molecular flexibility index (Phi) is 5.53. The van der Waals surface area contributed by atoms with E-state index in [2.05, 4.69) is 52.1 Å². The number of hydrogen-bond donors (Lipinski definition) is 0. The van der Waals surface area contributed by atoms with Crippen molar-refractivity contribution in [2.45, 2.75) is 39.2 Å². The summed E-state index contributed by atoms with van der Waals surface area (Å²) in [7, 11) is 1.72. The van der Waals surface area contributed by atoms with Crippen LogP contribution in [0.2, 0.25) is 0 Å². The van der Waals surface area contributed by atoms with Gasteiger partial charge in [0.15, 0.2) is 5.82 Å². The largest absolute Gasteiger partial charge is 0.378 e. The number of methoxy groups -OCH3 is 1. The van der Waals surface area contributed by atoms with Gasteiger partial charge in [0.05, 0.1) is 17.5 Å². The maximum Gasteiger partial charge on any atom is 0.155 e. The van der Waals surface area contributed by atoms with Crippen molar-refractivity contribution in [1.29, 1.82) is 0 Å². The van der Waals surface area contributed by atoms with E-state index in [4.69, 9.17) is 14.8 Å². The van der Waals surface area contributed by atoms with E-state index in [0.29, 0.717) is 12.8 Å². The Balaban J connectivity index is 1.96. The monoisotopic (exact) mass is 414 g/mol. The van der Waals surface area contributed by atoms with Crippen LogP contribution in [0.15, 0.2) is 47.2 Å². The van der Waals surface area contributed by atoms with Crippen molar-refractivity contribution in [2.24, 2.45) is 0 Å². The molecular weight excluding hydrogens is 392 g/mol. The van der Waals surface area contributed by atoms with Gasteiger partial charge >= 0.3 is 0 Å². The lowest BCUT2D eigenvalue weighted by Crippen LogP contribution is -2.27. The third-order valence-corrected chi connectivity index (χ3v) is 4.76. The van der Waals surface area contributed by atoms with E-state index >= 15 is 0 Å². The minimum absolute atomic E-state index is 0.325. The molecule has 0 bridgehead atoms. The summed E-state index contributed by atoms with van der Waals surface area (Å²) in [6.07, 6.45) is 3.13. The van der Waals surface area contributed by atoms with Gasteiger partial charge in [0.25, 0.3) is 0 Å². The number of aryl methyl sites for hydroxylation is 1. The molecule has 0 spiro atoms. The molecule has 3 rings (SSSR count). The van der Waals surface area contributed by atoms with Crippen molar-refractivity contribution in [3.8, 4) is 5.69 Å². The van der Waals surface area contributed by atoms with Gasteiger partial charge in [-0.3, -0.25) is 0 Å². The molecule has 0 amide bonds. The molecule has 0 saturated carbocycles. The average molecular weight is 415 g/mol.